The largest absolute Gasteiger partial charge is 0.351 e. The van der Waals surface area contributed by atoms with Crippen molar-refractivity contribution in [2.24, 2.45) is 7.05 Å². The summed E-state index contributed by atoms with van der Waals surface area (Å²) < 4.78 is 2.14. The molecule has 1 atom stereocenters. The number of hydrogen-bond acceptors (Lipinski definition) is 3. The van der Waals surface area contributed by atoms with Crippen LogP contribution in [0.3, 0.4) is 0 Å². The van der Waals surface area contributed by atoms with Gasteiger partial charge in [0.25, 0.3) is 0 Å². The molecule has 0 saturated heterocycles. The number of thiophene rings is 1. The number of carbonyl (C=O) groups is 1. The van der Waals surface area contributed by atoms with Crippen LogP contribution in [0.2, 0.25) is 0 Å². The third kappa shape index (κ3) is 4.00. The fraction of sp³-hybridized carbons (Fsp3) is 0.250. The summed E-state index contributed by atoms with van der Waals surface area (Å²) in [4.78, 5) is 14.3. The molecule has 0 radical (unpaired) electrons. The zero-order valence-electron chi connectivity index (χ0n) is 14.8. The number of aromatic nitrogens is 1. The number of nitrogens with one attached hydrogen (secondary N) is 1. The summed E-state index contributed by atoms with van der Waals surface area (Å²) in [6, 6.07) is 10.5. The van der Waals surface area contributed by atoms with Gasteiger partial charge in [-0.1, -0.05) is 18.2 Å². The molecule has 25 heavy (non-hydrogen) atoms. The molecule has 0 spiro atoms. The lowest BCUT2D eigenvalue weighted by molar-refractivity contribution is -0.116. The van der Waals surface area contributed by atoms with Crippen LogP contribution in [0.4, 0.5) is 0 Å². The minimum Gasteiger partial charge on any atom is -0.351 e. The summed E-state index contributed by atoms with van der Waals surface area (Å²) in [7, 11) is 6.14. The molecule has 1 N–H and O–H groups in total. The topological polar surface area (TPSA) is 37.3 Å². The second-order valence-electron chi connectivity index (χ2n) is 6.33. The molecule has 2 heterocycles. The molecule has 5 heteroatoms. The van der Waals surface area contributed by atoms with Crippen molar-refractivity contribution >= 4 is 34.2 Å². The van der Waals surface area contributed by atoms with Crippen LogP contribution in [0.25, 0.3) is 17.0 Å². The highest BCUT2D eigenvalue weighted by Crippen LogP contribution is 2.28. The van der Waals surface area contributed by atoms with Crippen molar-refractivity contribution < 1.29 is 4.79 Å². The van der Waals surface area contributed by atoms with Gasteiger partial charge in [-0.2, -0.15) is 11.3 Å². The van der Waals surface area contributed by atoms with E-state index in [0.29, 0.717) is 6.54 Å². The maximum atomic E-state index is 12.1. The Balaban J connectivity index is 1.74. The molecule has 0 saturated carbocycles. The van der Waals surface area contributed by atoms with Crippen LogP contribution in [0.1, 0.15) is 17.2 Å². The molecule has 3 rings (SSSR count). The Labute approximate surface area is 152 Å². The first-order chi connectivity index (χ1) is 12.1. The van der Waals surface area contributed by atoms with E-state index in [1.807, 2.05) is 43.1 Å². The van der Waals surface area contributed by atoms with E-state index in [2.05, 4.69) is 46.2 Å². The number of rotatable bonds is 6. The molecule has 1 amide bonds. The van der Waals surface area contributed by atoms with Crippen molar-refractivity contribution in [1.82, 2.24) is 14.8 Å². The second kappa shape index (κ2) is 7.68. The SMILES string of the molecule is CN(C)[C@H](CNC(=O)/C=C/c1ccsc1)c1cn(C)c2ccccc12. The van der Waals surface area contributed by atoms with Gasteiger partial charge < -0.3 is 14.8 Å². The van der Waals surface area contributed by atoms with Gasteiger partial charge in [-0.25, -0.2) is 0 Å². The standard InChI is InChI=1S/C20H23N3OS/c1-22(2)19(12-21-20(24)9-8-15-10-11-25-14-15)17-13-23(3)18-7-5-4-6-16(17)18/h4-11,13-14,19H,12H2,1-3H3,(H,21,24)/b9-8+/t19-/m1/s1. The van der Waals surface area contributed by atoms with Crippen LogP contribution in [-0.4, -0.2) is 36.0 Å². The van der Waals surface area contributed by atoms with Crippen LogP contribution in [0.15, 0.2) is 53.4 Å². The van der Waals surface area contributed by atoms with E-state index >= 15 is 0 Å². The average Bonchev–Trinajstić information content (AvgIpc) is 3.22. The van der Waals surface area contributed by atoms with E-state index < -0.39 is 0 Å². The third-order valence-electron chi connectivity index (χ3n) is 4.35. The maximum absolute atomic E-state index is 12.1. The Kier molecular flexibility index (Phi) is 5.36. The molecule has 0 fully saturated rings. The monoisotopic (exact) mass is 353 g/mol. The number of para-hydroxylation sites is 1. The summed E-state index contributed by atoms with van der Waals surface area (Å²) in [6.45, 7) is 0.563. The summed E-state index contributed by atoms with van der Waals surface area (Å²) in [6.07, 6.45) is 5.59. The van der Waals surface area contributed by atoms with Gasteiger partial charge in [0.05, 0.1) is 6.04 Å². The van der Waals surface area contributed by atoms with Gasteiger partial charge in [0, 0.05) is 36.8 Å². The fourth-order valence-corrected chi connectivity index (χ4v) is 3.64. The Hall–Kier alpha value is -2.37. The second-order valence-corrected chi connectivity index (χ2v) is 7.11. The predicted octanol–water partition coefficient (Wildman–Crippen LogP) is 3.67. The van der Waals surface area contributed by atoms with Gasteiger partial charge in [-0.3, -0.25) is 4.79 Å². The lowest BCUT2D eigenvalue weighted by Crippen LogP contribution is -2.33. The van der Waals surface area contributed by atoms with Gasteiger partial charge in [0.2, 0.25) is 5.91 Å². The molecule has 2 aromatic heterocycles. The number of carbonyl (C=O) groups excluding carboxylic acids is 1. The summed E-state index contributed by atoms with van der Waals surface area (Å²) in [5.41, 5.74) is 3.48. The van der Waals surface area contributed by atoms with E-state index in [1.165, 1.54) is 16.5 Å². The molecule has 130 valence electrons. The van der Waals surface area contributed by atoms with E-state index in [-0.39, 0.29) is 11.9 Å². The highest BCUT2D eigenvalue weighted by atomic mass is 32.1. The first kappa shape index (κ1) is 17.5. The van der Waals surface area contributed by atoms with Crippen molar-refractivity contribution in [2.75, 3.05) is 20.6 Å². The molecule has 0 aliphatic carbocycles. The molecule has 0 aliphatic heterocycles. The van der Waals surface area contributed by atoms with Gasteiger partial charge in [-0.15, -0.1) is 0 Å². The summed E-state index contributed by atoms with van der Waals surface area (Å²) >= 11 is 1.62. The first-order valence-electron chi connectivity index (χ1n) is 8.25. The number of benzene rings is 1. The number of fused-ring (bicyclic) bond motifs is 1. The van der Waals surface area contributed by atoms with Crippen LogP contribution in [0.5, 0.6) is 0 Å². The van der Waals surface area contributed by atoms with Crippen LogP contribution in [-0.2, 0) is 11.8 Å². The van der Waals surface area contributed by atoms with Gasteiger partial charge in [0.15, 0.2) is 0 Å². The van der Waals surface area contributed by atoms with Crippen molar-refractivity contribution in [1.29, 1.82) is 0 Å². The number of aryl methyl sites for hydroxylation is 1. The Morgan fingerprint density at radius 1 is 1.32 bits per heavy atom. The van der Waals surface area contributed by atoms with Crippen molar-refractivity contribution in [3.8, 4) is 0 Å². The number of likely N-dealkylation sites (N-methyl/N-ethyl adjacent to an activating group) is 1. The molecule has 0 unspecified atom stereocenters. The van der Waals surface area contributed by atoms with E-state index in [4.69, 9.17) is 0 Å². The van der Waals surface area contributed by atoms with E-state index in [0.717, 1.165) is 5.56 Å². The Morgan fingerprint density at radius 3 is 2.84 bits per heavy atom. The third-order valence-corrected chi connectivity index (χ3v) is 5.05. The molecule has 0 aliphatic rings. The molecule has 3 aromatic rings. The van der Waals surface area contributed by atoms with Crippen LogP contribution < -0.4 is 5.32 Å². The van der Waals surface area contributed by atoms with Gasteiger partial charge in [0.1, 0.15) is 0 Å². The van der Waals surface area contributed by atoms with Gasteiger partial charge >= 0.3 is 0 Å². The number of nitrogens with zero attached hydrogens (tertiary/aromatic N) is 2. The Morgan fingerprint density at radius 2 is 2.12 bits per heavy atom. The highest BCUT2D eigenvalue weighted by Gasteiger charge is 2.19. The van der Waals surface area contributed by atoms with Crippen LogP contribution in [0, 0.1) is 0 Å². The minimum atomic E-state index is -0.0710. The first-order valence-corrected chi connectivity index (χ1v) is 9.19. The van der Waals surface area contributed by atoms with E-state index in [9.17, 15) is 4.79 Å². The Bertz CT molecular complexity index is 878. The lowest BCUT2D eigenvalue weighted by atomic mass is 10.0. The molecule has 4 nitrogen and oxygen atoms in total. The number of hydrogen-bond donors (Lipinski definition) is 1. The molecule has 0 bridgehead atoms. The predicted molar refractivity (Wildman–Crippen MR) is 106 cm³/mol. The molecule has 1 aromatic carbocycles. The van der Waals surface area contributed by atoms with E-state index in [1.54, 1.807) is 17.4 Å². The molecular formula is C20H23N3OS. The maximum Gasteiger partial charge on any atom is 0.244 e. The highest BCUT2D eigenvalue weighted by molar-refractivity contribution is 7.08. The van der Waals surface area contributed by atoms with Crippen LogP contribution >= 0.6 is 11.3 Å². The zero-order chi connectivity index (χ0) is 17.8. The van der Waals surface area contributed by atoms with Crippen molar-refractivity contribution in [3.05, 3.63) is 64.5 Å². The van der Waals surface area contributed by atoms with Crippen molar-refractivity contribution in [3.63, 3.8) is 0 Å². The van der Waals surface area contributed by atoms with Crippen molar-refractivity contribution in [2.45, 2.75) is 6.04 Å². The smallest absolute Gasteiger partial charge is 0.244 e. The normalized spacial score (nSPS) is 13.0. The quantitative estimate of drug-likeness (QED) is 0.687. The summed E-state index contributed by atoms with van der Waals surface area (Å²) in [5.74, 6) is -0.0710. The summed E-state index contributed by atoms with van der Waals surface area (Å²) in [5, 5.41) is 8.27. The molecular weight excluding hydrogens is 330 g/mol. The average molecular weight is 353 g/mol. The van der Waals surface area contributed by atoms with Gasteiger partial charge in [-0.05, 0) is 54.2 Å². The zero-order valence-corrected chi connectivity index (χ0v) is 15.6. The number of amides is 1. The fourth-order valence-electron chi connectivity index (χ4n) is 3.01. The minimum absolute atomic E-state index is 0.0710. The lowest BCUT2D eigenvalue weighted by Gasteiger charge is -2.24.